The Hall–Kier alpha value is -2.28. The number of aromatic nitrogens is 1. The van der Waals surface area contributed by atoms with Gasteiger partial charge in [0.1, 0.15) is 5.82 Å². The maximum Gasteiger partial charge on any atom is 0.303 e. The molecule has 2 aromatic rings. The molecule has 0 saturated carbocycles. The summed E-state index contributed by atoms with van der Waals surface area (Å²) < 4.78 is 13.1. The monoisotopic (exact) mass is 336 g/mol. The van der Waals surface area contributed by atoms with Gasteiger partial charge in [-0.3, -0.25) is 9.59 Å². The molecule has 0 unspecified atom stereocenters. The number of thiazole rings is 1. The molecule has 1 heterocycles. The minimum Gasteiger partial charge on any atom is -0.481 e. The predicted molar refractivity (Wildman–Crippen MR) is 87.1 cm³/mol. The summed E-state index contributed by atoms with van der Waals surface area (Å²) in [5, 5.41) is 11.6. The summed E-state index contributed by atoms with van der Waals surface area (Å²) >= 11 is 1.34. The fourth-order valence-corrected chi connectivity index (χ4v) is 3.00. The second-order valence-electron chi connectivity index (χ2n) is 5.34. The Kier molecular flexibility index (Phi) is 5.44. The zero-order chi connectivity index (χ0) is 17.0. The van der Waals surface area contributed by atoms with Gasteiger partial charge in [0, 0.05) is 16.9 Å². The van der Waals surface area contributed by atoms with E-state index >= 15 is 0 Å². The Morgan fingerprint density at radius 3 is 2.48 bits per heavy atom. The number of carbonyl (C=O) groups excluding carboxylic acids is 1. The van der Waals surface area contributed by atoms with Crippen LogP contribution in [0, 0.1) is 5.82 Å². The number of benzene rings is 1. The molecular formula is C16H17FN2O3S. The van der Waals surface area contributed by atoms with E-state index in [1.165, 1.54) is 23.5 Å². The van der Waals surface area contributed by atoms with Crippen LogP contribution in [0.1, 0.15) is 37.5 Å². The Balaban J connectivity index is 2.23. The zero-order valence-electron chi connectivity index (χ0n) is 12.8. The number of amides is 1. The lowest BCUT2D eigenvalue weighted by Gasteiger charge is -2.04. The summed E-state index contributed by atoms with van der Waals surface area (Å²) in [4.78, 5) is 27.6. The first kappa shape index (κ1) is 17.1. The highest BCUT2D eigenvalue weighted by atomic mass is 32.1. The Labute approximate surface area is 137 Å². The van der Waals surface area contributed by atoms with E-state index in [0.29, 0.717) is 10.8 Å². The number of nitrogens with one attached hydrogen (secondary N) is 1. The van der Waals surface area contributed by atoms with Crippen molar-refractivity contribution in [2.24, 2.45) is 0 Å². The maximum absolute atomic E-state index is 13.1. The standard InChI is InChI=1S/C16H17FN2O3S/c1-9(2)15-14(10-3-5-11(17)6-4-10)19-16(23-15)18-12(20)7-8-13(21)22/h3-6,9H,7-8H2,1-2H3,(H,21,22)(H,18,19,20). The molecule has 0 aliphatic rings. The lowest BCUT2D eigenvalue weighted by atomic mass is 10.1. The molecule has 1 amide bonds. The van der Waals surface area contributed by atoms with Crippen LogP contribution in [0.4, 0.5) is 9.52 Å². The van der Waals surface area contributed by atoms with Crippen LogP contribution < -0.4 is 5.32 Å². The smallest absolute Gasteiger partial charge is 0.303 e. The predicted octanol–water partition coefficient (Wildman–Crippen LogP) is 3.88. The first-order valence-corrected chi connectivity index (χ1v) is 7.96. The maximum atomic E-state index is 13.1. The van der Waals surface area contributed by atoms with Gasteiger partial charge in [-0.15, -0.1) is 11.3 Å². The number of nitrogens with zero attached hydrogens (tertiary/aromatic N) is 1. The van der Waals surface area contributed by atoms with Crippen LogP contribution in [0.15, 0.2) is 24.3 Å². The average Bonchev–Trinajstić information content (AvgIpc) is 2.90. The van der Waals surface area contributed by atoms with E-state index in [1.807, 2.05) is 13.8 Å². The van der Waals surface area contributed by atoms with E-state index in [9.17, 15) is 14.0 Å². The van der Waals surface area contributed by atoms with Crippen molar-refractivity contribution < 1.29 is 19.1 Å². The Bertz CT molecular complexity index is 711. The number of carboxylic acids is 1. The minimum absolute atomic E-state index is 0.0994. The number of aliphatic carboxylic acids is 1. The van der Waals surface area contributed by atoms with Gasteiger partial charge in [-0.05, 0) is 30.2 Å². The van der Waals surface area contributed by atoms with Crippen molar-refractivity contribution in [3.8, 4) is 11.3 Å². The van der Waals surface area contributed by atoms with E-state index in [-0.39, 0.29) is 30.5 Å². The molecule has 2 N–H and O–H groups in total. The first-order chi connectivity index (χ1) is 10.9. The van der Waals surface area contributed by atoms with Crippen molar-refractivity contribution in [3.05, 3.63) is 35.0 Å². The second-order valence-corrected chi connectivity index (χ2v) is 6.37. The van der Waals surface area contributed by atoms with Crippen molar-refractivity contribution in [2.75, 3.05) is 5.32 Å². The minimum atomic E-state index is -1.02. The molecule has 0 atom stereocenters. The molecule has 7 heteroatoms. The summed E-state index contributed by atoms with van der Waals surface area (Å²) in [7, 11) is 0. The molecule has 2 rings (SSSR count). The van der Waals surface area contributed by atoms with Gasteiger partial charge >= 0.3 is 5.97 Å². The fraction of sp³-hybridized carbons (Fsp3) is 0.312. The summed E-state index contributed by atoms with van der Waals surface area (Å²) in [5.41, 5.74) is 1.48. The van der Waals surface area contributed by atoms with Crippen molar-refractivity contribution in [1.82, 2.24) is 4.98 Å². The molecule has 23 heavy (non-hydrogen) atoms. The molecule has 5 nitrogen and oxygen atoms in total. The number of carbonyl (C=O) groups is 2. The molecule has 1 aromatic heterocycles. The SMILES string of the molecule is CC(C)c1sc(NC(=O)CCC(=O)O)nc1-c1ccc(F)cc1. The van der Waals surface area contributed by atoms with E-state index in [2.05, 4.69) is 10.3 Å². The average molecular weight is 336 g/mol. The number of hydrogen-bond acceptors (Lipinski definition) is 4. The molecule has 0 aliphatic carbocycles. The lowest BCUT2D eigenvalue weighted by molar-refractivity contribution is -0.138. The third-order valence-corrected chi connectivity index (χ3v) is 4.38. The zero-order valence-corrected chi connectivity index (χ0v) is 13.6. The van der Waals surface area contributed by atoms with Crippen molar-refractivity contribution >= 4 is 28.3 Å². The van der Waals surface area contributed by atoms with Crippen LogP contribution in [-0.2, 0) is 9.59 Å². The van der Waals surface area contributed by atoms with Crippen LogP contribution >= 0.6 is 11.3 Å². The van der Waals surface area contributed by atoms with Crippen LogP contribution in [-0.4, -0.2) is 22.0 Å². The molecule has 0 radical (unpaired) electrons. The van der Waals surface area contributed by atoms with Crippen molar-refractivity contribution in [3.63, 3.8) is 0 Å². The Morgan fingerprint density at radius 1 is 1.26 bits per heavy atom. The van der Waals surface area contributed by atoms with Crippen LogP contribution in [0.2, 0.25) is 0 Å². The summed E-state index contributed by atoms with van der Waals surface area (Å²) in [6.45, 7) is 4.02. The normalized spacial score (nSPS) is 10.8. The molecule has 0 saturated heterocycles. The van der Waals surface area contributed by atoms with Crippen LogP contribution in [0.25, 0.3) is 11.3 Å². The molecular weight excluding hydrogens is 319 g/mol. The molecule has 0 bridgehead atoms. The fourth-order valence-electron chi connectivity index (χ4n) is 1.99. The highest BCUT2D eigenvalue weighted by molar-refractivity contribution is 7.16. The summed E-state index contributed by atoms with van der Waals surface area (Å²) in [6, 6.07) is 6.02. The van der Waals surface area contributed by atoms with Gasteiger partial charge in [-0.25, -0.2) is 9.37 Å². The van der Waals surface area contributed by atoms with Gasteiger partial charge in [0.2, 0.25) is 5.91 Å². The third kappa shape index (κ3) is 4.59. The van der Waals surface area contributed by atoms with Gasteiger partial charge < -0.3 is 10.4 Å². The highest BCUT2D eigenvalue weighted by Crippen LogP contribution is 2.36. The van der Waals surface area contributed by atoms with Gasteiger partial charge in [0.15, 0.2) is 5.13 Å². The van der Waals surface area contributed by atoms with Crippen LogP contribution in [0.5, 0.6) is 0 Å². The largest absolute Gasteiger partial charge is 0.481 e. The lowest BCUT2D eigenvalue weighted by Crippen LogP contribution is -2.12. The number of carboxylic acid groups (broad SMARTS) is 1. The first-order valence-electron chi connectivity index (χ1n) is 7.15. The summed E-state index contributed by atoms with van der Waals surface area (Å²) in [6.07, 6.45) is -0.323. The van der Waals surface area contributed by atoms with E-state index in [4.69, 9.17) is 5.11 Å². The van der Waals surface area contributed by atoms with E-state index in [0.717, 1.165) is 10.4 Å². The van der Waals surface area contributed by atoms with E-state index in [1.54, 1.807) is 12.1 Å². The second kappa shape index (κ2) is 7.32. The topological polar surface area (TPSA) is 79.3 Å². The molecule has 0 spiro atoms. The van der Waals surface area contributed by atoms with Gasteiger partial charge in [0.05, 0.1) is 12.1 Å². The van der Waals surface area contributed by atoms with E-state index < -0.39 is 5.97 Å². The quantitative estimate of drug-likeness (QED) is 0.839. The third-order valence-electron chi connectivity index (χ3n) is 3.11. The highest BCUT2D eigenvalue weighted by Gasteiger charge is 2.17. The molecule has 122 valence electrons. The molecule has 1 aromatic carbocycles. The van der Waals surface area contributed by atoms with Crippen molar-refractivity contribution in [1.29, 1.82) is 0 Å². The van der Waals surface area contributed by atoms with Gasteiger partial charge in [-0.2, -0.15) is 0 Å². The van der Waals surface area contributed by atoms with Crippen LogP contribution in [0.3, 0.4) is 0 Å². The van der Waals surface area contributed by atoms with Gasteiger partial charge in [0.25, 0.3) is 0 Å². The molecule has 0 fully saturated rings. The van der Waals surface area contributed by atoms with Gasteiger partial charge in [-0.1, -0.05) is 13.8 Å². The number of anilines is 1. The summed E-state index contributed by atoms with van der Waals surface area (Å²) in [5.74, 6) is -1.54. The number of hydrogen-bond donors (Lipinski definition) is 2. The molecule has 0 aliphatic heterocycles. The number of halogens is 1. The van der Waals surface area contributed by atoms with Crippen molar-refractivity contribution in [2.45, 2.75) is 32.6 Å². The Morgan fingerprint density at radius 2 is 1.91 bits per heavy atom. The number of rotatable bonds is 6.